The Kier molecular flexibility index (Phi) is 5.83. The lowest BCUT2D eigenvalue weighted by Crippen LogP contribution is -2.32. The number of ether oxygens (including phenoxy) is 1. The predicted octanol–water partition coefficient (Wildman–Crippen LogP) is 0.770. The van der Waals surface area contributed by atoms with E-state index >= 15 is 0 Å². The summed E-state index contributed by atoms with van der Waals surface area (Å²) in [5.41, 5.74) is 0.996. The highest BCUT2D eigenvalue weighted by molar-refractivity contribution is 5.78. The van der Waals surface area contributed by atoms with Gasteiger partial charge in [0.05, 0.1) is 6.61 Å². The van der Waals surface area contributed by atoms with Crippen LogP contribution >= 0.6 is 0 Å². The highest BCUT2D eigenvalue weighted by Gasteiger charge is 2.18. The lowest BCUT2D eigenvalue weighted by Gasteiger charge is -2.17. The van der Waals surface area contributed by atoms with Crippen molar-refractivity contribution in [3.05, 3.63) is 29.8 Å². The number of aliphatic hydroxyl groups excluding tert-OH is 1. The Morgan fingerprint density at radius 2 is 2.05 bits per heavy atom. The summed E-state index contributed by atoms with van der Waals surface area (Å²) < 4.78 is 5.65. The van der Waals surface area contributed by atoms with Gasteiger partial charge in [-0.1, -0.05) is 18.2 Å². The van der Waals surface area contributed by atoms with E-state index in [1.54, 1.807) is 0 Å². The van der Waals surface area contributed by atoms with Gasteiger partial charge in [-0.2, -0.15) is 0 Å². The molecule has 1 aromatic carbocycles. The summed E-state index contributed by atoms with van der Waals surface area (Å²) in [4.78, 5) is 13.8. The van der Waals surface area contributed by atoms with Crippen molar-refractivity contribution in [2.24, 2.45) is 0 Å². The smallest absolute Gasteiger partial charge is 0.260 e. The number of nitrogens with zero attached hydrogens (tertiary/aromatic N) is 1. The van der Waals surface area contributed by atoms with Gasteiger partial charge < -0.3 is 20.1 Å². The Hall–Kier alpha value is -1.59. The van der Waals surface area contributed by atoms with E-state index in [0.717, 1.165) is 37.2 Å². The first-order valence-electron chi connectivity index (χ1n) is 7.11. The molecule has 2 rings (SSSR count). The van der Waals surface area contributed by atoms with Crippen LogP contribution in [-0.2, 0) is 11.3 Å². The zero-order valence-electron chi connectivity index (χ0n) is 11.7. The molecule has 1 fully saturated rings. The molecule has 0 atom stereocenters. The second kappa shape index (κ2) is 7.87. The number of nitrogens with one attached hydrogen (secondary N) is 1. The van der Waals surface area contributed by atoms with Gasteiger partial charge in [-0.3, -0.25) is 4.79 Å². The molecule has 1 aliphatic rings. The van der Waals surface area contributed by atoms with Crippen LogP contribution in [0.4, 0.5) is 0 Å². The third-order valence-corrected chi connectivity index (χ3v) is 3.39. The van der Waals surface area contributed by atoms with Crippen molar-refractivity contribution in [3.63, 3.8) is 0 Å². The van der Waals surface area contributed by atoms with Crippen molar-refractivity contribution in [2.75, 3.05) is 32.8 Å². The van der Waals surface area contributed by atoms with Crippen molar-refractivity contribution >= 4 is 5.91 Å². The molecule has 2 N–H and O–H groups in total. The molecule has 1 saturated heterocycles. The summed E-state index contributed by atoms with van der Waals surface area (Å²) >= 11 is 0. The van der Waals surface area contributed by atoms with Gasteiger partial charge in [-0.25, -0.2) is 0 Å². The predicted molar refractivity (Wildman–Crippen MR) is 76.5 cm³/mol. The molecule has 5 nitrogen and oxygen atoms in total. The molecule has 0 saturated carbocycles. The van der Waals surface area contributed by atoms with E-state index in [4.69, 9.17) is 9.84 Å². The maximum absolute atomic E-state index is 11.9. The highest BCUT2D eigenvalue weighted by atomic mass is 16.5. The number of hydrogen-bond acceptors (Lipinski definition) is 4. The van der Waals surface area contributed by atoms with Crippen LogP contribution in [-0.4, -0.2) is 48.8 Å². The first-order valence-corrected chi connectivity index (χ1v) is 7.11. The molecule has 1 aromatic rings. The Bertz CT molecular complexity index is 431. The number of hydrogen-bond donors (Lipinski definition) is 2. The van der Waals surface area contributed by atoms with Crippen LogP contribution in [0.3, 0.4) is 0 Å². The number of benzene rings is 1. The van der Waals surface area contributed by atoms with Gasteiger partial charge in [0.1, 0.15) is 5.75 Å². The number of likely N-dealkylation sites (tertiary alicyclic amines) is 1. The molecule has 0 spiro atoms. The molecule has 0 unspecified atom stereocenters. The maximum atomic E-state index is 11.9. The standard InChI is InChI=1S/C15H22N2O3/c18-10-7-16-11-13-5-1-2-6-14(13)20-12-15(19)17-8-3-4-9-17/h1-2,5-6,16,18H,3-4,7-12H2. The van der Waals surface area contributed by atoms with Crippen molar-refractivity contribution in [2.45, 2.75) is 19.4 Å². The Balaban J connectivity index is 1.86. The van der Waals surface area contributed by atoms with Crippen LogP contribution in [0, 0.1) is 0 Å². The van der Waals surface area contributed by atoms with E-state index < -0.39 is 0 Å². The van der Waals surface area contributed by atoms with E-state index in [0.29, 0.717) is 13.1 Å². The second-order valence-electron chi connectivity index (χ2n) is 4.88. The summed E-state index contributed by atoms with van der Waals surface area (Å²) in [5, 5.41) is 11.9. The minimum atomic E-state index is 0.0561. The fourth-order valence-electron chi connectivity index (χ4n) is 2.29. The van der Waals surface area contributed by atoms with Gasteiger partial charge >= 0.3 is 0 Å². The maximum Gasteiger partial charge on any atom is 0.260 e. The zero-order valence-corrected chi connectivity index (χ0v) is 11.7. The van der Waals surface area contributed by atoms with Crippen LogP contribution in [0.1, 0.15) is 18.4 Å². The average Bonchev–Trinajstić information content (AvgIpc) is 3.00. The number of para-hydroxylation sites is 1. The minimum absolute atomic E-state index is 0.0561. The monoisotopic (exact) mass is 278 g/mol. The van der Waals surface area contributed by atoms with Crippen LogP contribution in [0.2, 0.25) is 0 Å². The molecule has 5 heteroatoms. The third-order valence-electron chi connectivity index (χ3n) is 3.39. The molecular weight excluding hydrogens is 256 g/mol. The first kappa shape index (κ1) is 14.8. The van der Waals surface area contributed by atoms with Crippen molar-refractivity contribution in [3.8, 4) is 5.75 Å². The molecule has 0 aromatic heterocycles. The number of aliphatic hydroxyl groups is 1. The van der Waals surface area contributed by atoms with Crippen LogP contribution in [0.5, 0.6) is 5.75 Å². The molecular formula is C15H22N2O3. The quantitative estimate of drug-likeness (QED) is 0.723. The molecule has 0 aliphatic carbocycles. The summed E-state index contributed by atoms with van der Waals surface area (Å²) in [6, 6.07) is 7.66. The lowest BCUT2D eigenvalue weighted by atomic mass is 10.2. The average molecular weight is 278 g/mol. The number of rotatable bonds is 7. The van der Waals surface area contributed by atoms with Gasteiger partial charge in [0, 0.05) is 31.7 Å². The van der Waals surface area contributed by atoms with Gasteiger partial charge in [0.2, 0.25) is 0 Å². The summed E-state index contributed by atoms with van der Waals surface area (Å²) in [6.45, 7) is 3.06. The molecule has 0 bridgehead atoms. The number of carbonyl (C=O) groups excluding carboxylic acids is 1. The lowest BCUT2D eigenvalue weighted by molar-refractivity contribution is -0.132. The Morgan fingerprint density at radius 3 is 2.80 bits per heavy atom. The normalized spacial score (nSPS) is 14.6. The SMILES string of the molecule is O=C(COc1ccccc1CNCCO)N1CCCC1. The van der Waals surface area contributed by atoms with E-state index in [2.05, 4.69) is 5.32 Å². The topological polar surface area (TPSA) is 61.8 Å². The van der Waals surface area contributed by atoms with Crippen LogP contribution in [0.15, 0.2) is 24.3 Å². The third kappa shape index (κ3) is 4.21. The fraction of sp³-hybridized carbons (Fsp3) is 0.533. The van der Waals surface area contributed by atoms with Gasteiger partial charge in [-0.15, -0.1) is 0 Å². The van der Waals surface area contributed by atoms with E-state index in [9.17, 15) is 4.79 Å². The van der Waals surface area contributed by atoms with E-state index in [1.807, 2.05) is 29.2 Å². The second-order valence-corrected chi connectivity index (χ2v) is 4.88. The van der Waals surface area contributed by atoms with Gasteiger partial charge in [0.15, 0.2) is 6.61 Å². The molecule has 0 radical (unpaired) electrons. The summed E-state index contributed by atoms with van der Waals surface area (Å²) in [5.74, 6) is 0.783. The van der Waals surface area contributed by atoms with Gasteiger partial charge in [0.25, 0.3) is 5.91 Å². The molecule has 1 heterocycles. The Morgan fingerprint density at radius 1 is 1.30 bits per heavy atom. The minimum Gasteiger partial charge on any atom is -0.483 e. The summed E-state index contributed by atoms with van der Waals surface area (Å²) in [7, 11) is 0. The Labute approximate surface area is 119 Å². The number of amides is 1. The molecule has 20 heavy (non-hydrogen) atoms. The summed E-state index contributed by atoms with van der Waals surface area (Å²) in [6.07, 6.45) is 2.18. The van der Waals surface area contributed by atoms with Crippen molar-refractivity contribution < 1.29 is 14.6 Å². The number of carbonyl (C=O) groups is 1. The molecule has 1 aliphatic heterocycles. The fourth-order valence-corrected chi connectivity index (χ4v) is 2.29. The van der Waals surface area contributed by atoms with E-state index in [1.165, 1.54) is 0 Å². The van der Waals surface area contributed by atoms with Gasteiger partial charge in [-0.05, 0) is 18.9 Å². The van der Waals surface area contributed by atoms with Crippen molar-refractivity contribution in [1.29, 1.82) is 0 Å². The van der Waals surface area contributed by atoms with Crippen LogP contribution in [0.25, 0.3) is 0 Å². The van der Waals surface area contributed by atoms with Crippen molar-refractivity contribution in [1.82, 2.24) is 10.2 Å². The van der Waals surface area contributed by atoms with Crippen LogP contribution < -0.4 is 10.1 Å². The zero-order chi connectivity index (χ0) is 14.2. The van der Waals surface area contributed by atoms with E-state index in [-0.39, 0.29) is 19.1 Å². The highest BCUT2D eigenvalue weighted by Crippen LogP contribution is 2.18. The first-order chi connectivity index (χ1) is 9.81. The molecule has 110 valence electrons. The largest absolute Gasteiger partial charge is 0.483 e. The molecule has 1 amide bonds.